The molecule has 1 amide bonds. The predicted molar refractivity (Wildman–Crippen MR) is 127 cm³/mol. The molecule has 1 aliphatic carbocycles. The number of halogens is 1. The van der Waals surface area contributed by atoms with E-state index in [4.69, 9.17) is 0 Å². The van der Waals surface area contributed by atoms with Gasteiger partial charge < -0.3 is 5.32 Å². The number of sulfonamides is 1. The molecule has 2 aromatic heterocycles. The fraction of sp³-hybridized carbons (Fsp3) is 0.167. The molecule has 4 aromatic rings. The molecule has 0 fully saturated rings. The van der Waals surface area contributed by atoms with E-state index in [1.165, 1.54) is 48.8 Å². The highest BCUT2D eigenvalue weighted by atomic mass is 32.2. The van der Waals surface area contributed by atoms with Gasteiger partial charge >= 0.3 is 0 Å². The van der Waals surface area contributed by atoms with Crippen LogP contribution < -0.4 is 10.0 Å². The van der Waals surface area contributed by atoms with Gasteiger partial charge in [0.15, 0.2) is 5.69 Å². The fourth-order valence-electron chi connectivity index (χ4n) is 4.02. The molecule has 2 N–H and O–H groups in total. The van der Waals surface area contributed by atoms with E-state index in [1.54, 1.807) is 22.9 Å². The summed E-state index contributed by atoms with van der Waals surface area (Å²) in [5, 5.41) is 7.35. The summed E-state index contributed by atoms with van der Waals surface area (Å²) < 4.78 is 42.5. The molecule has 11 heteroatoms. The number of amides is 1. The molecule has 2 heterocycles. The summed E-state index contributed by atoms with van der Waals surface area (Å²) in [5.74, 6) is -0.772. The number of nitrogens with zero attached hydrogens (tertiary/aromatic N) is 4. The van der Waals surface area contributed by atoms with Crippen LogP contribution in [0.4, 0.5) is 16.0 Å². The van der Waals surface area contributed by atoms with Crippen molar-refractivity contribution in [3.05, 3.63) is 89.8 Å². The Morgan fingerprint density at radius 2 is 1.63 bits per heavy atom. The molecule has 9 nitrogen and oxygen atoms in total. The predicted octanol–water partition coefficient (Wildman–Crippen LogP) is 3.73. The van der Waals surface area contributed by atoms with Crippen LogP contribution in [0.2, 0.25) is 0 Å². The molecule has 0 aliphatic heterocycles. The molecule has 0 saturated heterocycles. The second kappa shape index (κ2) is 9.26. The maximum absolute atomic E-state index is 13.4. The first-order valence-electron chi connectivity index (χ1n) is 11.0. The lowest BCUT2D eigenvalue weighted by Crippen LogP contribution is -2.16. The van der Waals surface area contributed by atoms with Crippen molar-refractivity contribution < 1.29 is 17.6 Å². The Morgan fingerprint density at radius 3 is 2.34 bits per heavy atom. The number of aromatic nitrogens is 4. The summed E-state index contributed by atoms with van der Waals surface area (Å²) in [4.78, 5) is 20.8. The number of carbonyl (C=O) groups is 1. The van der Waals surface area contributed by atoms with Gasteiger partial charge in [-0.3, -0.25) is 4.79 Å². The Bertz CT molecular complexity index is 1470. The Labute approximate surface area is 201 Å². The van der Waals surface area contributed by atoms with Crippen LogP contribution in [0.15, 0.2) is 71.9 Å². The van der Waals surface area contributed by atoms with Crippen molar-refractivity contribution in [3.63, 3.8) is 0 Å². The van der Waals surface area contributed by atoms with Crippen molar-refractivity contribution in [2.75, 3.05) is 10.0 Å². The average molecular weight is 493 g/mol. The molecular weight excluding hydrogens is 471 g/mol. The van der Waals surface area contributed by atoms with Gasteiger partial charge in [0.25, 0.3) is 15.9 Å². The van der Waals surface area contributed by atoms with Gasteiger partial charge in [0, 0.05) is 29.3 Å². The minimum atomic E-state index is -3.88. The molecule has 35 heavy (non-hydrogen) atoms. The van der Waals surface area contributed by atoms with Gasteiger partial charge in [-0.05, 0) is 80.3 Å². The van der Waals surface area contributed by atoms with E-state index in [9.17, 15) is 17.6 Å². The van der Waals surface area contributed by atoms with Crippen molar-refractivity contribution >= 4 is 27.6 Å². The topological polar surface area (TPSA) is 119 Å². The Kier molecular flexibility index (Phi) is 6.00. The molecule has 0 unspecified atom stereocenters. The molecular formula is C24H21FN6O3S. The summed E-state index contributed by atoms with van der Waals surface area (Å²) in [7, 11) is -3.88. The van der Waals surface area contributed by atoms with E-state index in [-0.39, 0.29) is 16.7 Å². The normalized spacial score (nSPS) is 13.2. The summed E-state index contributed by atoms with van der Waals surface area (Å²) in [6.45, 7) is 0. The number of anilines is 2. The lowest BCUT2D eigenvalue weighted by atomic mass is 9.95. The second-order valence-electron chi connectivity index (χ2n) is 8.03. The number of nitrogens with one attached hydrogen (secondary N) is 2. The molecule has 178 valence electrons. The van der Waals surface area contributed by atoms with Gasteiger partial charge in [-0.2, -0.15) is 5.10 Å². The number of carbonyl (C=O) groups excluding carboxylic acids is 1. The first-order valence-corrected chi connectivity index (χ1v) is 12.5. The van der Waals surface area contributed by atoms with Crippen LogP contribution in [0, 0.1) is 5.82 Å². The number of rotatable bonds is 6. The first-order chi connectivity index (χ1) is 16.9. The number of benzene rings is 2. The zero-order valence-corrected chi connectivity index (χ0v) is 19.3. The van der Waals surface area contributed by atoms with Crippen LogP contribution >= 0.6 is 0 Å². The molecule has 0 atom stereocenters. The Morgan fingerprint density at radius 1 is 0.943 bits per heavy atom. The molecule has 0 spiro atoms. The summed E-state index contributed by atoms with van der Waals surface area (Å²) in [6.07, 6.45) is 6.30. The van der Waals surface area contributed by atoms with Crippen molar-refractivity contribution in [3.8, 4) is 5.69 Å². The van der Waals surface area contributed by atoms with Gasteiger partial charge in [-0.15, -0.1) is 0 Å². The third-order valence-electron chi connectivity index (χ3n) is 5.68. The van der Waals surface area contributed by atoms with Crippen LogP contribution in [0.1, 0.15) is 34.6 Å². The largest absolute Gasteiger partial charge is 0.321 e. The quantitative estimate of drug-likeness (QED) is 0.423. The third kappa shape index (κ3) is 4.76. The highest BCUT2D eigenvalue weighted by molar-refractivity contribution is 7.92. The molecule has 0 radical (unpaired) electrons. The smallest absolute Gasteiger partial charge is 0.276 e. The summed E-state index contributed by atoms with van der Waals surface area (Å²) in [6, 6.07) is 13.3. The van der Waals surface area contributed by atoms with Crippen molar-refractivity contribution in [1.82, 2.24) is 19.7 Å². The SMILES string of the molecule is O=C(Nc1ccc(S(=O)(=O)Nc2ncccn2)cc1)c1nn(-c2ccc(F)cc2)c2c1CCCC2. The van der Waals surface area contributed by atoms with Crippen LogP contribution in [0.3, 0.4) is 0 Å². The minimum Gasteiger partial charge on any atom is -0.321 e. The number of hydrogen-bond acceptors (Lipinski definition) is 6. The average Bonchev–Trinajstić information content (AvgIpc) is 3.25. The Hall–Kier alpha value is -4.12. The molecule has 1 aliphatic rings. The van der Waals surface area contributed by atoms with Crippen LogP contribution in [0.25, 0.3) is 5.69 Å². The van der Waals surface area contributed by atoms with E-state index < -0.39 is 15.9 Å². The fourth-order valence-corrected chi connectivity index (χ4v) is 4.97. The van der Waals surface area contributed by atoms with E-state index >= 15 is 0 Å². The summed E-state index contributed by atoms with van der Waals surface area (Å²) >= 11 is 0. The lowest BCUT2D eigenvalue weighted by Gasteiger charge is -2.14. The Balaban J connectivity index is 1.37. The highest BCUT2D eigenvalue weighted by Gasteiger charge is 2.26. The van der Waals surface area contributed by atoms with Crippen molar-refractivity contribution in [1.29, 1.82) is 0 Å². The van der Waals surface area contributed by atoms with E-state index in [2.05, 4.69) is 25.1 Å². The molecule has 2 aromatic carbocycles. The highest BCUT2D eigenvalue weighted by Crippen LogP contribution is 2.28. The zero-order valence-electron chi connectivity index (χ0n) is 18.5. The second-order valence-corrected chi connectivity index (χ2v) is 9.71. The molecule has 0 bridgehead atoms. The number of hydrogen-bond donors (Lipinski definition) is 2. The molecule has 5 rings (SSSR count). The van der Waals surface area contributed by atoms with E-state index in [0.717, 1.165) is 36.9 Å². The summed E-state index contributed by atoms with van der Waals surface area (Å²) in [5.41, 5.74) is 3.25. The van der Waals surface area contributed by atoms with E-state index in [0.29, 0.717) is 17.1 Å². The maximum Gasteiger partial charge on any atom is 0.276 e. The van der Waals surface area contributed by atoms with Crippen LogP contribution in [-0.4, -0.2) is 34.1 Å². The van der Waals surface area contributed by atoms with Crippen molar-refractivity contribution in [2.24, 2.45) is 0 Å². The number of fused-ring (bicyclic) bond motifs is 1. The van der Waals surface area contributed by atoms with Gasteiger partial charge in [0.05, 0.1) is 10.6 Å². The van der Waals surface area contributed by atoms with E-state index in [1.807, 2.05) is 0 Å². The molecule has 0 saturated carbocycles. The van der Waals surface area contributed by atoms with Gasteiger partial charge in [0.1, 0.15) is 5.82 Å². The van der Waals surface area contributed by atoms with Gasteiger partial charge in [-0.1, -0.05) is 0 Å². The standard InChI is InChI=1S/C24H21FN6O3S/c25-16-6-10-18(11-7-16)31-21-5-2-1-4-20(21)22(29-31)23(32)28-17-8-12-19(13-9-17)35(33,34)30-24-26-14-3-15-27-24/h3,6-15H,1-2,4-5H2,(H,28,32)(H,26,27,30). The van der Waals surface area contributed by atoms with Gasteiger partial charge in [0.2, 0.25) is 5.95 Å². The van der Waals surface area contributed by atoms with Crippen molar-refractivity contribution in [2.45, 2.75) is 30.6 Å². The zero-order chi connectivity index (χ0) is 24.4. The van der Waals surface area contributed by atoms with Crippen LogP contribution in [-0.2, 0) is 22.9 Å². The van der Waals surface area contributed by atoms with Crippen LogP contribution in [0.5, 0.6) is 0 Å². The minimum absolute atomic E-state index is 0.000851. The maximum atomic E-state index is 13.4. The third-order valence-corrected chi connectivity index (χ3v) is 7.02. The van der Waals surface area contributed by atoms with Gasteiger partial charge in [-0.25, -0.2) is 32.2 Å². The monoisotopic (exact) mass is 492 g/mol. The lowest BCUT2D eigenvalue weighted by molar-refractivity contribution is 0.102. The first kappa shape index (κ1) is 22.7.